The topological polar surface area (TPSA) is 38.0 Å². The molecule has 86 valence electrons. The van der Waals surface area contributed by atoms with Gasteiger partial charge in [0.2, 0.25) is 0 Å². The van der Waals surface area contributed by atoms with Crippen molar-refractivity contribution in [3.8, 4) is 0 Å². The van der Waals surface area contributed by atoms with E-state index >= 15 is 0 Å². The van der Waals surface area contributed by atoms with E-state index in [2.05, 4.69) is 12.2 Å². The second kappa shape index (κ2) is 3.46. The van der Waals surface area contributed by atoms with E-state index in [0.717, 1.165) is 24.3 Å². The van der Waals surface area contributed by atoms with Crippen molar-refractivity contribution in [1.82, 2.24) is 5.32 Å². The standard InChI is InChI=1S/C13H24N2/c1-9(8-14)15-13-5-10-2-11(6-13)4-12(3-10)7-13/h9-12,15H,2-8,14H2,1H3. The highest BCUT2D eigenvalue weighted by molar-refractivity contribution is 5.07. The van der Waals surface area contributed by atoms with Crippen molar-refractivity contribution in [2.75, 3.05) is 6.54 Å². The maximum absolute atomic E-state index is 5.74. The van der Waals surface area contributed by atoms with Gasteiger partial charge in [0.05, 0.1) is 0 Å². The average molecular weight is 208 g/mol. The van der Waals surface area contributed by atoms with Crippen LogP contribution in [-0.2, 0) is 0 Å². The molecule has 0 amide bonds. The first kappa shape index (κ1) is 10.1. The lowest BCUT2D eigenvalue weighted by molar-refractivity contribution is -0.0238. The molecular formula is C13H24N2. The Hall–Kier alpha value is -0.0800. The van der Waals surface area contributed by atoms with Crippen LogP contribution < -0.4 is 11.1 Å². The van der Waals surface area contributed by atoms with E-state index in [1.165, 1.54) is 38.5 Å². The zero-order valence-electron chi connectivity index (χ0n) is 9.84. The Labute approximate surface area is 93.0 Å². The average Bonchev–Trinajstić information content (AvgIpc) is 2.14. The first-order valence-electron chi connectivity index (χ1n) is 6.67. The highest BCUT2D eigenvalue weighted by Crippen LogP contribution is 2.55. The van der Waals surface area contributed by atoms with E-state index in [1.807, 2.05) is 0 Å². The van der Waals surface area contributed by atoms with Crippen LogP contribution >= 0.6 is 0 Å². The van der Waals surface area contributed by atoms with Gasteiger partial charge in [-0.1, -0.05) is 0 Å². The van der Waals surface area contributed by atoms with Crippen LogP contribution in [0.3, 0.4) is 0 Å². The minimum Gasteiger partial charge on any atom is -0.329 e. The monoisotopic (exact) mass is 208 g/mol. The molecule has 3 N–H and O–H groups in total. The molecule has 0 aromatic heterocycles. The van der Waals surface area contributed by atoms with Crippen molar-refractivity contribution in [1.29, 1.82) is 0 Å². The van der Waals surface area contributed by atoms with E-state index in [0.29, 0.717) is 11.6 Å². The molecule has 0 spiro atoms. The van der Waals surface area contributed by atoms with Crippen LogP contribution in [0, 0.1) is 17.8 Å². The summed E-state index contributed by atoms with van der Waals surface area (Å²) in [4.78, 5) is 0. The summed E-state index contributed by atoms with van der Waals surface area (Å²) in [6.07, 6.45) is 8.88. The molecule has 0 aliphatic heterocycles. The summed E-state index contributed by atoms with van der Waals surface area (Å²) in [6.45, 7) is 3.01. The molecule has 4 rings (SSSR count). The van der Waals surface area contributed by atoms with Crippen LogP contribution in [0.5, 0.6) is 0 Å². The molecule has 4 aliphatic rings. The second-order valence-electron chi connectivity index (χ2n) is 6.48. The van der Waals surface area contributed by atoms with E-state index in [9.17, 15) is 0 Å². The molecule has 4 bridgehead atoms. The predicted octanol–water partition coefficient (Wildman–Crippen LogP) is 1.89. The van der Waals surface area contributed by atoms with Gasteiger partial charge in [-0.05, 0) is 63.2 Å². The molecule has 0 aromatic rings. The summed E-state index contributed by atoms with van der Waals surface area (Å²) >= 11 is 0. The summed E-state index contributed by atoms with van der Waals surface area (Å²) in [6, 6.07) is 0.501. The van der Waals surface area contributed by atoms with Crippen LogP contribution in [0.2, 0.25) is 0 Å². The zero-order valence-corrected chi connectivity index (χ0v) is 9.84. The Morgan fingerprint density at radius 1 is 1.13 bits per heavy atom. The zero-order chi connectivity index (χ0) is 10.5. The van der Waals surface area contributed by atoms with E-state index < -0.39 is 0 Å². The van der Waals surface area contributed by atoms with Gasteiger partial charge in [0.1, 0.15) is 0 Å². The van der Waals surface area contributed by atoms with E-state index in [4.69, 9.17) is 5.73 Å². The minimum absolute atomic E-state index is 0.494. The molecule has 2 heteroatoms. The van der Waals surface area contributed by atoms with Crippen molar-refractivity contribution >= 4 is 0 Å². The molecular weight excluding hydrogens is 184 g/mol. The fourth-order valence-corrected chi connectivity index (χ4v) is 4.87. The van der Waals surface area contributed by atoms with Gasteiger partial charge in [0, 0.05) is 18.1 Å². The van der Waals surface area contributed by atoms with E-state index in [1.54, 1.807) is 0 Å². The van der Waals surface area contributed by atoms with Crippen molar-refractivity contribution in [3.63, 3.8) is 0 Å². The van der Waals surface area contributed by atoms with Gasteiger partial charge in [0.15, 0.2) is 0 Å². The third-order valence-electron chi connectivity index (χ3n) is 4.94. The summed E-state index contributed by atoms with van der Waals surface area (Å²) in [5.41, 5.74) is 6.23. The van der Waals surface area contributed by atoms with Gasteiger partial charge in [-0.25, -0.2) is 0 Å². The minimum atomic E-state index is 0.494. The summed E-state index contributed by atoms with van der Waals surface area (Å²) in [7, 11) is 0. The number of nitrogens with one attached hydrogen (secondary N) is 1. The molecule has 2 nitrogen and oxygen atoms in total. The summed E-state index contributed by atoms with van der Waals surface area (Å²) < 4.78 is 0. The maximum atomic E-state index is 5.74. The number of hydrogen-bond donors (Lipinski definition) is 2. The third-order valence-corrected chi connectivity index (χ3v) is 4.94. The molecule has 4 fully saturated rings. The van der Waals surface area contributed by atoms with Crippen LogP contribution in [0.4, 0.5) is 0 Å². The highest BCUT2D eigenvalue weighted by Gasteiger charge is 2.50. The lowest BCUT2D eigenvalue weighted by Crippen LogP contribution is -2.61. The molecule has 4 saturated carbocycles. The maximum Gasteiger partial charge on any atom is 0.0192 e. The van der Waals surface area contributed by atoms with Crippen LogP contribution in [-0.4, -0.2) is 18.1 Å². The first-order valence-corrected chi connectivity index (χ1v) is 6.67. The lowest BCUT2D eigenvalue weighted by Gasteiger charge is -2.57. The number of hydrogen-bond acceptors (Lipinski definition) is 2. The smallest absolute Gasteiger partial charge is 0.0192 e. The molecule has 0 saturated heterocycles. The molecule has 0 heterocycles. The molecule has 0 radical (unpaired) electrons. The van der Waals surface area contributed by atoms with Gasteiger partial charge in [-0.3, -0.25) is 0 Å². The first-order chi connectivity index (χ1) is 7.19. The Bertz CT molecular complexity index is 214. The fourth-order valence-electron chi connectivity index (χ4n) is 4.87. The normalized spacial score (nSPS) is 49.6. The van der Waals surface area contributed by atoms with Crippen molar-refractivity contribution in [2.45, 2.75) is 57.0 Å². The van der Waals surface area contributed by atoms with Gasteiger partial charge in [-0.15, -0.1) is 0 Å². The lowest BCUT2D eigenvalue weighted by atomic mass is 9.53. The quantitative estimate of drug-likeness (QED) is 0.743. The van der Waals surface area contributed by atoms with Crippen molar-refractivity contribution in [3.05, 3.63) is 0 Å². The third kappa shape index (κ3) is 1.72. The number of rotatable bonds is 3. The van der Waals surface area contributed by atoms with Crippen LogP contribution in [0.1, 0.15) is 45.4 Å². The Morgan fingerprint density at radius 2 is 1.60 bits per heavy atom. The van der Waals surface area contributed by atoms with Crippen LogP contribution in [0.25, 0.3) is 0 Å². The number of nitrogens with two attached hydrogens (primary N) is 1. The Kier molecular flexibility index (Phi) is 2.33. The molecule has 1 atom stereocenters. The largest absolute Gasteiger partial charge is 0.329 e. The van der Waals surface area contributed by atoms with Crippen molar-refractivity contribution in [2.24, 2.45) is 23.5 Å². The summed E-state index contributed by atoms with van der Waals surface area (Å²) in [5.74, 6) is 3.11. The Balaban J connectivity index is 1.75. The fraction of sp³-hybridized carbons (Fsp3) is 1.00. The Morgan fingerprint density at radius 3 is 2.00 bits per heavy atom. The van der Waals surface area contributed by atoms with Gasteiger partial charge >= 0.3 is 0 Å². The van der Waals surface area contributed by atoms with Crippen molar-refractivity contribution < 1.29 is 0 Å². The predicted molar refractivity (Wildman–Crippen MR) is 62.6 cm³/mol. The molecule has 15 heavy (non-hydrogen) atoms. The van der Waals surface area contributed by atoms with Crippen LogP contribution in [0.15, 0.2) is 0 Å². The van der Waals surface area contributed by atoms with E-state index in [-0.39, 0.29) is 0 Å². The molecule has 1 unspecified atom stereocenters. The molecule has 4 aliphatic carbocycles. The SMILES string of the molecule is CC(CN)NC12CC3CC(CC(C3)C1)C2. The molecule has 0 aromatic carbocycles. The van der Waals surface area contributed by atoms with Gasteiger partial charge < -0.3 is 11.1 Å². The van der Waals surface area contributed by atoms with Gasteiger partial charge in [-0.2, -0.15) is 0 Å². The van der Waals surface area contributed by atoms with Gasteiger partial charge in [0.25, 0.3) is 0 Å². The highest BCUT2D eigenvalue weighted by atomic mass is 15.0. The summed E-state index contributed by atoms with van der Waals surface area (Å²) in [5, 5.41) is 3.85. The second-order valence-corrected chi connectivity index (χ2v) is 6.48.